The van der Waals surface area contributed by atoms with Crippen LogP contribution in [0.5, 0.6) is 0 Å². The number of nitro groups is 1. The molecule has 0 aliphatic rings. The van der Waals surface area contributed by atoms with Gasteiger partial charge in [-0.1, -0.05) is 23.7 Å². The number of carbonyl (C=O) groups excluding carboxylic acids is 1. The predicted octanol–water partition coefficient (Wildman–Crippen LogP) is 3.01. The van der Waals surface area contributed by atoms with Crippen LogP contribution in [0.15, 0.2) is 53.6 Å². The van der Waals surface area contributed by atoms with E-state index in [1.165, 1.54) is 30.5 Å². The summed E-state index contributed by atoms with van der Waals surface area (Å²) < 4.78 is 0. The van der Waals surface area contributed by atoms with Crippen LogP contribution < -0.4 is 5.43 Å². The lowest BCUT2D eigenvalue weighted by molar-refractivity contribution is -0.384. The molecule has 0 aromatic heterocycles. The lowest BCUT2D eigenvalue weighted by Crippen LogP contribution is -2.17. The van der Waals surface area contributed by atoms with Crippen LogP contribution >= 0.6 is 11.6 Å². The highest BCUT2D eigenvalue weighted by Crippen LogP contribution is 2.14. The lowest BCUT2D eigenvalue weighted by Gasteiger charge is -2.01. The van der Waals surface area contributed by atoms with Gasteiger partial charge in [-0.3, -0.25) is 14.9 Å². The van der Waals surface area contributed by atoms with Gasteiger partial charge in [0.05, 0.1) is 21.7 Å². The molecule has 0 saturated carbocycles. The Hall–Kier alpha value is -2.73. The Balaban J connectivity index is 2.01. The number of rotatable bonds is 4. The molecule has 1 N–H and O–H groups in total. The molecular weight excluding hydrogens is 294 g/mol. The average Bonchev–Trinajstić information content (AvgIpc) is 2.48. The Morgan fingerprint density at radius 2 is 1.86 bits per heavy atom. The van der Waals surface area contributed by atoms with Crippen LogP contribution in [0.4, 0.5) is 5.69 Å². The molecule has 1 amide bonds. The maximum absolute atomic E-state index is 11.8. The van der Waals surface area contributed by atoms with Gasteiger partial charge in [0.25, 0.3) is 11.6 Å². The van der Waals surface area contributed by atoms with E-state index in [9.17, 15) is 14.9 Å². The minimum atomic E-state index is -0.486. The van der Waals surface area contributed by atoms with E-state index in [1.807, 2.05) is 0 Å². The molecule has 2 rings (SSSR count). The van der Waals surface area contributed by atoms with Crippen molar-refractivity contribution < 1.29 is 9.72 Å². The maximum Gasteiger partial charge on any atom is 0.272 e. The van der Waals surface area contributed by atoms with Crippen molar-refractivity contribution in [2.24, 2.45) is 5.10 Å². The highest BCUT2D eigenvalue weighted by Gasteiger charge is 2.07. The second kappa shape index (κ2) is 6.62. The van der Waals surface area contributed by atoms with Gasteiger partial charge in [-0.15, -0.1) is 0 Å². The van der Waals surface area contributed by atoms with Crippen LogP contribution in [0.3, 0.4) is 0 Å². The van der Waals surface area contributed by atoms with Crippen LogP contribution in [0.25, 0.3) is 0 Å². The van der Waals surface area contributed by atoms with E-state index >= 15 is 0 Å². The van der Waals surface area contributed by atoms with Crippen LogP contribution in [-0.2, 0) is 0 Å². The Kier molecular flexibility index (Phi) is 4.63. The number of carbonyl (C=O) groups is 1. The largest absolute Gasteiger partial charge is 0.272 e. The lowest BCUT2D eigenvalue weighted by atomic mass is 10.2. The number of hydrazone groups is 1. The van der Waals surface area contributed by atoms with Gasteiger partial charge >= 0.3 is 0 Å². The van der Waals surface area contributed by atoms with Gasteiger partial charge in [-0.2, -0.15) is 5.10 Å². The molecule has 7 heteroatoms. The summed E-state index contributed by atoms with van der Waals surface area (Å²) in [5.74, 6) is -0.432. The fourth-order valence-electron chi connectivity index (χ4n) is 1.55. The number of hydrogen-bond donors (Lipinski definition) is 1. The summed E-state index contributed by atoms with van der Waals surface area (Å²) in [5.41, 5.74) is 3.28. The van der Waals surface area contributed by atoms with Gasteiger partial charge in [-0.25, -0.2) is 5.43 Å². The minimum Gasteiger partial charge on any atom is -0.267 e. The van der Waals surface area contributed by atoms with Gasteiger partial charge in [0.2, 0.25) is 0 Å². The van der Waals surface area contributed by atoms with Crippen molar-refractivity contribution in [1.82, 2.24) is 5.43 Å². The molecule has 0 saturated heterocycles. The standard InChI is InChI=1S/C14H10ClN3O3/c15-13-4-2-1-3-12(13)14(19)17-16-9-10-5-7-11(8-6-10)18(20)21/h1-9H,(H,17,19)/b16-9-. The molecule has 0 bridgehead atoms. The van der Waals surface area contributed by atoms with E-state index in [1.54, 1.807) is 24.3 Å². The first-order chi connectivity index (χ1) is 10.1. The molecule has 0 unspecified atom stereocenters. The summed E-state index contributed by atoms with van der Waals surface area (Å²) in [4.78, 5) is 21.8. The van der Waals surface area contributed by atoms with E-state index in [-0.39, 0.29) is 5.69 Å². The van der Waals surface area contributed by atoms with E-state index in [2.05, 4.69) is 10.5 Å². The first-order valence-electron chi connectivity index (χ1n) is 5.90. The molecule has 0 fully saturated rings. The molecule has 0 radical (unpaired) electrons. The normalized spacial score (nSPS) is 10.5. The number of amides is 1. The number of halogens is 1. The summed E-state index contributed by atoms with van der Waals surface area (Å²) in [7, 11) is 0. The van der Waals surface area contributed by atoms with Crippen molar-refractivity contribution >= 4 is 29.4 Å². The van der Waals surface area contributed by atoms with Gasteiger partial charge in [0.15, 0.2) is 0 Å². The first kappa shape index (κ1) is 14.7. The summed E-state index contributed by atoms with van der Waals surface area (Å²) in [5, 5.41) is 14.6. The third-order valence-electron chi connectivity index (χ3n) is 2.60. The molecule has 2 aromatic carbocycles. The monoisotopic (exact) mass is 303 g/mol. The number of hydrogen-bond acceptors (Lipinski definition) is 4. The third-order valence-corrected chi connectivity index (χ3v) is 2.93. The van der Waals surface area contributed by atoms with E-state index < -0.39 is 10.8 Å². The summed E-state index contributed by atoms with van der Waals surface area (Å²) in [6.07, 6.45) is 1.39. The topological polar surface area (TPSA) is 84.6 Å². The molecule has 2 aromatic rings. The van der Waals surface area contributed by atoms with Crippen molar-refractivity contribution in [2.75, 3.05) is 0 Å². The fourth-order valence-corrected chi connectivity index (χ4v) is 1.77. The summed E-state index contributed by atoms with van der Waals surface area (Å²) >= 11 is 5.89. The van der Waals surface area contributed by atoms with Gasteiger partial charge < -0.3 is 0 Å². The minimum absolute atomic E-state index is 0.00717. The Bertz CT molecular complexity index is 699. The Labute approximate surface area is 125 Å². The molecular formula is C14H10ClN3O3. The summed E-state index contributed by atoms with van der Waals surface area (Å²) in [6.45, 7) is 0. The number of nitro benzene ring substituents is 1. The highest BCUT2D eigenvalue weighted by atomic mass is 35.5. The second-order valence-electron chi connectivity index (χ2n) is 4.03. The number of benzene rings is 2. The molecule has 21 heavy (non-hydrogen) atoms. The fraction of sp³-hybridized carbons (Fsp3) is 0. The molecule has 0 aliphatic carbocycles. The van der Waals surface area contributed by atoms with E-state index in [0.717, 1.165) is 0 Å². The molecule has 0 atom stereocenters. The zero-order valence-corrected chi connectivity index (χ0v) is 11.4. The quantitative estimate of drug-likeness (QED) is 0.535. The predicted molar refractivity (Wildman–Crippen MR) is 79.6 cm³/mol. The van der Waals surface area contributed by atoms with E-state index in [0.29, 0.717) is 16.1 Å². The van der Waals surface area contributed by atoms with Crippen LogP contribution in [0, 0.1) is 10.1 Å². The summed E-state index contributed by atoms with van der Waals surface area (Å²) in [6, 6.07) is 12.4. The second-order valence-corrected chi connectivity index (χ2v) is 4.43. The zero-order chi connectivity index (χ0) is 15.2. The van der Waals surface area contributed by atoms with Gasteiger partial charge in [-0.05, 0) is 29.8 Å². The SMILES string of the molecule is O=C(N/N=C\c1ccc([N+](=O)[O-])cc1)c1ccccc1Cl. The molecule has 106 valence electrons. The number of non-ortho nitro benzene ring substituents is 1. The Morgan fingerprint density at radius 3 is 2.48 bits per heavy atom. The molecule has 0 heterocycles. The van der Waals surface area contributed by atoms with Gasteiger partial charge in [0, 0.05) is 12.1 Å². The maximum atomic E-state index is 11.8. The van der Waals surface area contributed by atoms with Crippen molar-refractivity contribution in [3.8, 4) is 0 Å². The van der Waals surface area contributed by atoms with Crippen LogP contribution in [0.2, 0.25) is 5.02 Å². The number of nitrogens with zero attached hydrogens (tertiary/aromatic N) is 2. The average molecular weight is 304 g/mol. The van der Waals surface area contributed by atoms with Crippen molar-refractivity contribution in [3.05, 3.63) is 74.8 Å². The molecule has 6 nitrogen and oxygen atoms in total. The third kappa shape index (κ3) is 3.87. The van der Waals surface area contributed by atoms with E-state index in [4.69, 9.17) is 11.6 Å². The van der Waals surface area contributed by atoms with Gasteiger partial charge in [0.1, 0.15) is 0 Å². The molecule has 0 spiro atoms. The number of nitrogens with one attached hydrogen (secondary N) is 1. The molecule has 0 aliphatic heterocycles. The van der Waals surface area contributed by atoms with Crippen molar-refractivity contribution in [1.29, 1.82) is 0 Å². The smallest absolute Gasteiger partial charge is 0.267 e. The van der Waals surface area contributed by atoms with Crippen molar-refractivity contribution in [3.63, 3.8) is 0 Å². The zero-order valence-electron chi connectivity index (χ0n) is 10.7. The first-order valence-corrected chi connectivity index (χ1v) is 6.28. The Morgan fingerprint density at radius 1 is 1.19 bits per heavy atom. The highest BCUT2D eigenvalue weighted by molar-refractivity contribution is 6.33. The van der Waals surface area contributed by atoms with Crippen LogP contribution in [-0.4, -0.2) is 17.0 Å². The van der Waals surface area contributed by atoms with Crippen LogP contribution in [0.1, 0.15) is 15.9 Å². The van der Waals surface area contributed by atoms with Crippen molar-refractivity contribution in [2.45, 2.75) is 0 Å².